The average molecular weight is 473 g/mol. The molecule has 0 saturated heterocycles. The molecule has 0 unspecified atom stereocenters. The Kier molecular flexibility index (Phi) is 7.11. The summed E-state index contributed by atoms with van der Waals surface area (Å²) >= 11 is 5.89. The van der Waals surface area contributed by atoms with E-state index in [4.69, 9.17) is 16.3 Å². The van der Waals surface area contributed by atoms with Crippen molar-refractivity contribution in [3.63, 3.8) is 0 Å². The molecule has 6 nitrogen and oxygen atoms in total. The second-order valence-electron chi connectivity index (χ2n) is 7.59. The SMILES string of the molecule is Cc1ccc(C)c(COc2cc(NC(=O)c3ccc(Cl)cc3)ccc2N(C)S(C)(=O)=O)c1. The summed E-state index contributed by atoms with van der Waals surface area (Å²) in [6.45, 7) is 4.25. The van der Waals surface area contributed by atoms with E-state index in [0.717, 1.165) is 27.3 Å². The molecule has 0 aliphatic heterocycles. The van der Waals surface area contributed by atoms with Crippen LogP contribution >= 0.6 is 11.6 Å². The van der Waals surface area contributed by atoms with E-state index < -0.39 is 10.0 Å². The summed E-state index contributed by atoms with van der Waals surface area (Å²) in [5, 5.41) is 3.35. The number of nitrogens with zero attached hydrogens (tertiary/aromatic N) is 1. The lowest BCUT2D eigenvalue weighted by molar-refractivity contribution is 0.102. The molecular weight excluding hydrogens is 448 g/mol. The molecule has 0 atom stereocenters. The van der Waals surface area contributed by atoms with E-state index in [-0.39, 0.29) is 12.5 Å². The van der Waals surface area contributed by atoms with Crippen LogP contribution in [0.2, 0.25) is 5.02 Å². The van der Waals surface area contributed by atoms with Gasteiger partial charge >= 0.3 is 0 Å². The van der Waals surface area contributed by atoms with Crippen LogP contribution in [0.1, 0.15) is 27.0 Å². The fourth-order valence-corrected chi connectivity index (χ4v) is 3.70. The number of anilines is 2. The van der Waals surface area contributed by atoms with Crippen molar-refractivity contribution in [3.8, 4) is 5.75 Å². The predicted molar refractivity (Wildman–Crippen MR) is 129 cm³/mol. The van der Waals surface area contributed by atoms with Gasteiger partial charge in [0.2, 0.25) is 10.0 Å². The van der Waals surface area contributed by atoms with Gasteiger partial charge in [0.1, 0.15) is 12.4 Å². The molecule has 8 heteroatoms. The summed E-state index contributed by atoms with van der Waals surface area (Å²) in [5.41, 5.74) is 4.47. The first-order valence-electron chi connectivity index (χ1n) is 9.88. The number of halogens is 1. The lowest BCUT2D eigenvalue weighted by Crippen LogP contribution is -2.25. The molecule has 0 aromatic heterocycles. The zero-order valence-corrected chi connectivity index (χ0v) is 19.9. The van der Waals surface area contributed by atoms with Crippen LogP contribution in [0.4, 0.5) is 11.4 Å². The summed E-state index contributed by atoms with van der Waals surface area (Å²) in [6.07, 6.45) is 1.12. The van der Waals surface area contributed by atoms with Gasteiger partial charge in [-0.1, -0.05) is 35.4 Å². The molecule has 0 fully saturated rings. The fraction of sp³-hybridized carbons (Fsp3) is 0.208. The number of hydrogen-bond donors (Lipinski definition) is 1. The van der Waals surface area contributed by atoms with E-state index in [1.54, 1.807) is 42.5 Å². The zero-order chi connectivity index (χ0) is 23.5. The number of rotatable bonds is 7. The van der Waals surface area contributed by atoms with Gasteiger partial charge in [0, 0.05) is 29.4 Å². The minimum atomic E-state index is -3.51. The monoisotopic (exact) mass is 472 g/mol. The van der Waals surface area contributed by atoms with Gasteiger partial charge in [-0.15, -0.1) is 0 Å². The number of amides is 1. The van der Waals surface area contributed by atoms with Crippen LogP contribution in [-0.2, 0) is 16.6 Å². The molecule has 0 spiro atoms. The third kappa shape index (κ3) is 5.81. The van der Waals surface area contributed by atoms with Gasteiger partial charge in [-0.2, -0.15) is 0 Å². The van der Waals surface area contributed by atoms with Crippen molar-refractivity contribution < 1.29 is 17.9 Å². The van der Waals surface area contributed by atoms with E-state index in [2.05, 4.69) is 5.32 Å². The summed E-state index contributed by atoms with van der Waals surface area (Å²) in [4.78, 5) is 12.6. The highest BCUT2D eigenvalue weighted by atomic mass is 35.5. The van der Waals surface area contributed by atoms with Gasteiger partial charge in [0.25, 0.3) is 5.91 Å². The maximum Gasteiger partial charge on any atom is 0.255 e. The van der Waals surface area contributed by atoms with Crippen molar-refractivity contribution >= 4 is 38.9 Å². The Morgan fingerprint density at radius 2 is 1.72 bits per heavy atom. The number of carbonyl (C=O) groups is 1. The van der Waals surface area contributed by atoms with E-state index in [1.165, 1.54) is 7.05 Å². The quantitative estimate of drug-likeness (QED) is 0.513. The number of hydrogen-bond acceptors (Lipinski definition) is 4. The topological polar surface area (TPSA) is 75.7 Å². The lowest BCUT2D eigenvalue weighted by Gasteiger charge is -2.21. The number of sulfonamides is 1. The summed E-state index contributed by atoms with van der Waals surface area (Å²) < 4.78 is 31.4. The van der Waals surface area contributed by atoms with Gasteiger partial charge in [0.15, 0.2) is 0 Å². The molecule has 0 saturated carbocycles. The highest BCUT2D eigenvalue weighted by molar-refractivity contribution is 7.92. The summed E-state index contributed by atoms with van der Waals surface area (Å²) in [7, 11) is -2.05. The van der Waals surface area contributed by atoms with Crippen LogP contribution < -0.4 is 14.4 Å². The number of ether oxygens (including phenoxy) is 1. The van der Waals surface area contributed by atoms with Gasteiger partial charge < -0.3 is 10.1 Å². The van der Waals surface area contributed by atoms with E-state index >= 15 is 0 Å². The second-order valence-corrected chi connectivity index (χ2v) is 10.0. The van der Waals surface area contributed by atoms with Gasteiger partial charge in [-0.3, -0.25) is 9.10 Å². The Bertz CT molecular complexity index is 1240. The highest BCUT2D eigenvalue weighted by Crippen LogP contribution is 2.33. The van der Waals surface area contributed by atoms with Crippen LogP contribution in [0, 0.1) is 13.8 Å². The third-order valence-electron chi connectivity index (χ3n) is 5.05. The predicted octanol–water partition coefficient (Wildman–Crippen LogP) is 5.18. The molecule has 0 radical (unpaired) electrons. The highest BCUT2D eigenvalue weighted by Gasteiger charge is 2.18. The Balaban J connectivity index is 1.91. The van der Waals surface area contributed by atoms with Crippen molar-refractivity contribution in [3.05, 3.63) is 87.9 Å². The number of aryl methyl sites for hydroxylation is 2. The Hall–Kier alpha value is -3.03. The minimum Gasteiger partial charge on any atom is -0.487 e. The molecule has 3 rings (SSSR count). The number of nitrogens with one attached hydrogen (secondary N) is 1. The van der Waals surface area contributed by atoms with E-state index in [9.17, 15) is 13.2 Å². The molecule has 3 aromatic rings. The summed E-state index contributed by atoms with van der Waals surface area (Å²) in [6, 6.07) is 17.5. The van der Waals surface area contributed by atoms with Gasteiger partial charge in [-0.05, 0) is 61.4 Å². The summed E-state index contributed by atoms with van der Waals surface area (Å²) in [5.74, 6) is 0.0269. The van der Waals surface area contributed by atoms with Gasteiger partial charge in [-0.25, -0.2) is 8.42 Å². The first-order valence-corrected chi connectivity index (χ1v) is 12.1. The molecule has 3 aromatic carbocycles. The smallest absolute Gasteiger partial charge is 0.255 e. The van der Waals surface area contributed by atoms with Crippen LogP contribution in [-0.4, -0.2) is 27.6 Å². The standard InChI is InChI=1S/C24H25ClN2O4S/c1-16-5-6-17(2)19(13-16)15-31-23-14-21(11-12-22(23)27(3)32(4,29)30)26-24(28)18-7-9-20(25)10-8-18/h5-14H,15H2,1-4H3,(H,26,28). The Labute approximate surface area is 193 Å². The van der Waals surface area contributed by atoms with E-state index in [1.807, 2.05) is 32.0 Å². The molecular formula is C24H25ClN2O4S. The second kappa shape index (κ2) is 9.63. The van der Waals surface area contributed by atoms with Crippen molar-refractivity contribution in [2.75, 3.05) is 22.9 Å². The van der Waals surface area contributed by atoms with Crippen molar-refractivity contribution in [1.82, 2.24) is 0 Å². The van der Waals surface area contributed by atoms with Crippen LogP contribution in [0.25, 0.3) is 0 Å². The first kappa shape index (κ1) is 23.6. The first-order chi connectivity index (χ1) is 15.0. The van der Waals surface area contributed by atoms with Crippen molar-refractivity contribution in [2.24, 2.45) is 0 Å². The van der Waals surface area contributed by atoms with Gasteiger partial charge in [0.05, 0.1) is 11.9 Å². The molecule has 168 valence electrons. The van der Waals surface area contributed by atoms with Crippen molar-refractivity contribution in [2.45, 2.75) is 20.5 Å². The molecule has 32 heavy (non-hydrogen) atoms. The average Bonchev–Trinajstić information content (AvgIpc) is 2.74. The third-order valence-corrected chi connectivity index (χ3v) is 6.49. The molecule has 0 heterocycles. The minimum absolute atomic E-state index is 0.257. The number of carbonyl (C=O) groups excluding carboxylic acids is 1. The fourth-order valence-electron chi connectivity index (χ4n) is 3.06. The molecule has 0 bridgehead atoms. The Morgan fingerprint density at radius 3 is 2.38 bits per heavy atom. The molecule has 1 N–H and O–H groups in total. The molecule has 1 amide bonds. The largest absolute Gasteiger partial charge is 0.487 e. The van der Waals surface area contributed by atoms with Crippen LogP contribution in [0.3, 0.4) is 0 Å². The maximum absolute atomic E-state index is 12.6. The normalized spacial score (nSPS) is 11.2. The van der Waals surface area contributed by atoms with Crippen molar-refractivity contribution in [1.29, 1.82) is 0 Å². The zero-order valence-electron chi connectivity index (χ0n) is 18.3. The maximum atomic E-state index is 12.6. The molecule has 0 aliphatic rings. The van der Waals surface area contributed by atoms with Crippen LogP contribution in [0.5, 0.6) is 5.75 Å². The lowest BCUT2D eigenvalue weighted by atomic mass is 10.1. The van der Waals surface area contributed by atoms with E-state index in [0.29, 0.717) is 27.7 Å². The number of benzene rings is 3. The Morgan fingerprint density at radius 1 is 1.03 bits per heavy atom. The van der Waals surface area contributed by atoms with Crippen LogP contribution in [0.15, 0.2) is 60.7 Å². The molecule has 0 aliphatic carbocycles.